The Morgan fingerprint density at radius 2 is 2.04 bits per heavy atom. The zero-order chi connectivity index (χ0) is 19.3. The summed E-state index contributed by atoms with van der Waals surface area (Å²) in [6, 6.07) is 10.7. The first-order valence-electron chi connectivity index (χ1n) is 10.2. The first kappa shape index (κ1) is 19.4. The van der Waals surface area contributed by atoms with Crippen LogP contribution in [0.4, 0.5) is 0 Å². The van der Waals surface area contributed by atoms with Crippen molar-refractivity contribution in [3.05, 3.63) is 54.1 Å². The molecule has 6 nitrogen and oxygen atoms in total. The van der Waals surface area contributed by atoms with Crippen LogP contribution in [0.2, 0.25) is 0 Å². The Labute approximate surface area is 172 Å². The lowest BCUT2D eigenvalue weighted by atomic mass is 10.0. The Kier molecular flexibility index (Phi) is 6.24. The molecule has 1 N–H and O–H groups in total. The SMILES string of the molecule is CCn1cccc1[C@@H]1[C@@H](c2ccccn2)NC(=S)N1CCCN1CCOCC1. The summed E-state index contributed by atoms with van der Waals surface area (Å²) in [4.78, 5) is 9.46. The summed E-state index contributed by atoms with van der Waals surface area (Å²) < 4.78 is 7.77. The zero-order valence-corrected chi connectivity index (χ0v) is 17.3. The summed E-state index contributed by atoms with van der Waals surface area (Å²) in [7, 11) is 0. The van der Waals surface area contributed by atoms with E-state index in [0.29, 0.717) is 0 Å². The number of aromatic nitrogens is 2. The fourth-order valence-electron chi connectivity index (χ4n) is 4.24. The van der Waals surface area contributed by atoms with Crippen LogP contribution in [-0.2, 0) is 11.3 Å². The molecule has 0 saturated carbocycles. The quantitative estimate of drug-likeness (QED) is 0.722. The summed E-state index contributed by atoms with van der Waals surface area (Å²) in [5.41, 5.74) is 2.33. The summed E-state index contributed by atoms with van der Waals surface area (Å²) in [5.74, 6) is 0. The number of hydrogen-bond acceptors (Lipinski definition) is 4. The standard InChI is InChI=1S/C21H29N5OS/c1-2-25-11-5-8-18(25)20-19(17-7-3-4-9-22-17)23-21(28)26(20)12-6-10-24-13-15-27-16-14-24/h3-5,7-9,11,19-20H,2,6,10,12-16H2,1H3,(H,23,28)/t19-,20-/m1/s1. The fraction of sp³-hybridized carbons (Fsp3) is 0.524. The van der Waals surface area contributed by atoms with Crippen molar-refractivity contribution in [2.24, 2.45) is 0 Å². The van der Waals surface area contributed by atoms with E-state index in [1.54, 1.807) is 0 Å². The van der Waals surface area contributed by atoms with Crippen LogP contribution in [0, 0.1) is 0 Å². The highest BCUT2D eigenvalue weighted by Gasteiger charge is 2.40. The Morgan fingerprint density at radius 3 is 2.79 bits per heavy atom. The van der Waals surface area contributed by atoms with E-state index in [9.17, 15) is 0 Å². The largest absolute Gasteiger partial charge is 0.379 e. The van der Waals surface area contributed by atoms with Crippen molar-refractivity contribution >= 4 is 17.3 Å². The molecule has 0 radical (unpaired) electrons. The van der Waals surface area contributed by atoms with Gasteiger partial charge in [0.25, 0.3) is 0 Å². The van der Waals surface area contributed by atoms with E-state index in [0.717, 1.165) is 63.2 Å². The van der Waals surface area contributed by atoms with E-state index in [2.05, 4.69) is 56.0 Å². The maximum Gasteiger partial charge on any atom is 0.170 e. The van der Waals surface area contributed by atoms with E-state index >= 15 is 0 Å². The van der Waals surface area contributed by atoms with Crippen LogP contribution >= 0.6 is 12.2 Å². The highest BCUT2D eigenvalue weighted by atomic mass is 32.1. The minimum Gasteiger partial charge on any atom is -0.379 e. The Morgan fingerprint density at radius 1 is 1.18 bits per heavy atom. The smallest absolute Gasteiger partial charge is 0.170 e. The van der Waals surface area contributed by atoms with Crippen molar-refractivity contribution in [3.8, 4) is 0 Å². The van der Waals surface area contributed by atoms with Crippen LogP contribution in [0.1, 0.15) is 36.8 Å². The van der Waals surface area contributed by atoms with Crippen LogP contribution in [0.25, 0.3) is 0 Å². The molecule has 4 heterocycles. The number of nitrogens with zero attached hydrogens (tertiary/aromatic N) is 4. The summed E-state index contributed by atoms with van der Waals surface area (Å²) >= 11 is 5.76. The van der Waals surface area contributed by atoms with E-state index in [4.69, 9.17) is 17.0 Å². The van der Waals surface area contributed by atoms with E-state index in [1.165, 1.54) is 5.69 Å². The first-order valence-corrected chi connectivity index (χ1v) is 10.6. The Bertz CT molecular complexity index is 774. The number of ether oxygens (including phenoxy) is 1. The topological polar surface area (TPSA) is 45.6 Å². The molecule has 7 heteroatoms. The Hall–Kier alpha value is -1.96. The van der Waals surface area contributed by atoms with Gasteiger partial charge in [0.1, 0.15) is 0 Å². The van der Waals surface area contributed by atoms with Gasteiger partial charge in [-0.05, 0) is 49.8 Å². The van der Waals surface area contributed by atoms with Gasteiger partial charge in [0.15, 0.2) is 5.11 Å². The van der Waals surface area contributed by atoms with Gasteiger partial charge in [-0.25, -0.2) is 0 Å². The van der Waals surface area contributed by atoms with E-state index in [1.807, 2.05) is 18.3 Å². The van der Waals surface area contributed by atoms with Crippen molar-refractivity contribution in [1.29, 1.82) is 0 Å². The van der Waals surface area contributed by atoms with Gasteiger partial charge in [-0.2, -0.15) is 0 Å². The number of nitrogens with one attached hydrogen (secondary N) is 1. The molecule has 2 aliphatic rings. The lowest BCUT2D eigenvalue weighted by Gasteiger charge is -2.30. The third kappa shape index (κ3) is 4.06. The van der Waals surface area contributed by atoms with Crippen LogP contribution < -0.4 is 5.32 Å². The average molecular weight is 400 g/mol. The van der Waals surface area contributed by atoms with Crippen LogP contribution in [-0.4, -0.2) is 63.9 Å². The normalized spacial score (nSPS) is 23.2. The van der Waals surface area contributed by atoms with Gasteiger partial charge < -0.3 is 19.5 Å². The number of hydrogen-bond donors (Lipinski definition) is 1. The van der Waals surface area contributed by atoms with Crippen molar-refractivity contribution in [3.63, 3.8) is 0 Å². The fourth-order valence-corrected chi connectivity index (χ4v) is 4.57. The number of thiocarbonyl (C=S) groups is 1. The van der Waals surface area contributed by atoms with Crippen molar-refractivity contribution in [1.82, 2.24) is 24.7 Å². The lowest BCUT2D eigenvalue weighted by Crippen LogP contribution is -2.39. The molecule has 0 amide bonds. The summed E-state index contributed by atoms with van der Waals surface area (Å²) in [5, 5.41) is 4.37. The molecule has 0 aromatic carbocycles. The molecule has 0 unspecified atom stereocenters. The molecule has 0 aliphatic carbocycles. The van der Waals surface area contributed by atoms with Gasteiger partial charge in [-0.3, -0.25) is 9.88 Å². The first-order chi connectivity index (χ1) is 13.8. The lowest BCUT2D eigenvalue weighted by molar-refractivity contribution is 0.0365. The van der Waals surface area contributed by atoms with Gasteiger partial charge in [-0.15, -0.1) is 0 Å². The van der Waals surface area contributed by atoms with Crippen LogP contribution in [0.15, 0.2) is 42.7 Å². The molecule has 2 atom stereocenters. The van der Waals surface area contributed by atoms with Crippen LogP contribution in [0.5, 0.6) is 0 Å². The van der Waals surface area contributed by atoms with Gasteiger partial charge in [0.2, 0.25) is 0 Å². The molecule has 2 aromatic heterocycles. The van der Waals surface area contributed by atoms with E-state index < -0.39 is 0 Å². The predicted molar refractivity (Wildman–Crippen MR) is 114 cm³/mol. The third-order valence-corrected chi connectivity index (χ3v) is 6.04. The Balaban J connectivity index is 1.53. The highest BCUT2D eigenvalue weighted by Crippen LogP contribution is 2.38. The third-order valence-electron chi connectivity index (χ3n) is 5.68. The number of aryl methyl sites for hydroxylation is 1. The van der Waals surface area contributed by atoms with Gasteiger partial charge in [-0.1, -0.05) is 6.07 Å². The molecule has 2 aliphatic heterocycles. The second-order valence-electron chi connectivity index (χ2n) is 7.35. The van der Waals surface area contributed by atoms with Gasteiger partial charge in [0, 0.05) is 50.8 Å². The van der Waals surface area contributed by atoms with E-state index in [-0.39, 0.29) is 12.1 Å². The minimum atomic E-state index is 0.0669. The molecule has 0 bridgehead atoms. The molecule has 150 valence electrons. The predicted octanol–water partition coefficient (Wildman–Crippen LogP) is 2.60. The molecule has 2 saturated heterocycles. The molecule has 2 aromatic rings. The maximum absolute atomic E-state index is 5.76. The van der Waals surface area contributed by atoms with Crippen LogP contribution in [0.3, 0.4) is 0 Å². The number of pyridine rings is 1. The molecule has 28 heavy (non-hydrogen) atoms. The molecule has 4 rings (SSSR count). The average Bonchev–Trinajstić information content (AvgIpc) is 3.33. The zero-order valence-electron chi connectivity index (χ0n) is 16.5. The molecular formula is C21H29N5OS. The molecular weight excluding hydrogens is 370 g/mol. The number of rotatable bonds is 7. The monoisotopic (exact) mass is 399 g/mol. The molecule has 0 spiro atoms. The highest BCUT2D eigenvalue weighted by molar-refractivity contribution is 7.80. The minimum absolute atomic E-state index is 0.0669. The second-order valence-corrected chi connectivity index (χ2v) is 7.73. The van der Waals surface area contributed by atoms with Crippen molar-refractivity contribution < 1.29 is 4.74 Å². The second kappa shape index (κ2) is 9.03. The molecule has 2 fully saturated rings. The number of morpholine rings is 1. The van der Waals surface area contributed by atoms with Gasteiger partial charge >= 0.3 is 0 Å². The van der Waals surface area contributed by atoms with Crippen molar-refractivity contribution in [2.45, 2.75) is 32.0 Å². The van der Waals surface area contributed by atoms with Crippen molar-refractivity contribution in [2.75, 3.05) is 39.4 Å². The van der Waals surface area contributed by atoms with Gasteiger partial charge in [0.05, 0.1) is 31.0 Å². The summed E-state index contributed by atoms with van der Waals surface area (Å²) in [6.07, 6.45) is 5.09. The summed E-state index contributed by atoms with van der Waals surface area (Å²) in [6.45, 7) is 8.90. The maximum atomic E-state index is 5.76.